The van der Waals surface area contributed by atoms with Crippen molar-refractivity contribution in [2.45, 2.75) is 19.8 Å². The van der Waals surface area contributed by atoms with Crippen LogP contribution in [0.25, 0.3) is 0 Å². The number of aromatic nitrogens is 2. The van der Waals surface area contributed by atoms with Crippen LogP contribution in [-0.4, -0.2) is 23.1 Å². The van der Waals surface area contributed by atoms with Gasteiger partial charge in [0.15, 0.2) is 5.82 Å². The van der Waals surface area contributed by atoms with Crippen LogP contribution in [0.3, 0.4) is 0 Å². The Labute approximate surface area is 84.2 Å². The summed E-state index contributed by atoms with van der Waals surface area (Å²) in [7, 11) is 0. The lowest BCUT2D eigenvalue weighted by Gasteiger charge is -2.22. The number of hydrogen-bond donors (Lipinski definition) is 1. The molecule has 0 atom stereocenters. The van der Waals surface area contributed by atoms with Crippen LogP contribution in [0.4, 0.5) is 11.5 Å². The van der Waals surface area contributed by atoms with Crippen molar-refractivity contribution in [2.75, 3.05) is 23.7 Å². The third-order valence-corrected chi connectivity index (χ3v) is 2.58. The van der Waals surface area contributed by atoms with Crippen LogP contribution in [-0.2, 0) is 0 Å². The summed E-state index contributed by atoms with van der Waals surface area (Å²) < 4.78 is 0. The number of nitrogens with two attached hydrogens (primary N) is 1. The first-order valence-corrected chi connectivity index (χ1v) is 5.11. The number of hydrogen-bond acceptors (Lipinski definition) is 4. The van der Waals surface area contributed by atoms with Gasteiger partial charge in [-0.25, -0.2) is 9.97 Å². The molecule has 0 aliphatic heterocycles. The molecule has 4 heteroatoms. The molecule has 1 aliphatic rings. The Morgan fingerprint density at radius 1 is 1.57 bits per heavy atom. The highest BCUT2D eigenvalue weighted by Gasteiger charge is 2.24. The first-order valence-electron chi connectivity index (χ1n) is 5.11. The van der Waals surface area contributed by atoms with Crippen molar-refractivity contribution in [2.24, 2.45) is 5.92 Å². The van der Waals surface area contributed by atoms with E-state index in [4.69, 9.17) is 5.73 Å². The summed E-state index contributed by atoms with van der Waals surface area (Å²) >= 11 is 0. The second-order valence-electron chi connectivity index (χ2n) is 3.78. The summed E-state index contributed by atoms with van der Waals surface area (Å²) in [5.41, 5.74) is 6.50. The molecular weight excluding hydrogens is 176 g/mol. The van der Waals surface area contributed by atoms with Gasteiger partial charge in [-0.2, -0.15) is 0 Å². The fourth-order valence-corrected chi connectivity index (χ4v) is 1.58. The second-order valence-corrected chi connectivity index (χ2v) is 3.78. The van der Waals surface area contributed by atoms with E-state index in [1.165, 1.54) is 12.8 Å². The van der Waals surface area contributed by atoms with Crippen molar-refractivity contribution in [3.8, 4) is 0 Å². The number of nitrogen functional groups attached to an aromatic ring is 1. The number of rotatable bonds is 4. The van der Waals surface area contributed by atoms with Crippen LogP contribution in [0.1, 0.15) is 19.8 Å². The largest absolute Gasteiger partial charge is 0.394 e. The molecule has 1 aromatic heterocycles. The third-order valence-electron chi connectivity index (χ3n) is 2.58. The van der Waals surface area contributed by atoms with Crippen LogP contribution in [0.15, 0.2) is 12.5 Å². The van der Waals surface area contributed by atoms with Gasteiger partial charge in [-0.15, -0.1) is 0 Å². The van der Waals surface area contributed by atoms with Gasteiger partial charge in [0, 0.05) is 13.1 Å². The molecule has 0 radical (unpaired) electrons. The molecule has 14 heavy (non-hydrogen) atoms. The number of anilines is 2. The van der Waals surface area contributed by atoms with E-state index in [1.54, 1.807) is 12.5 Å². The van der Waals surface area contributed by atoms with Crippen molar-refractivity contribution in [3.63, 3.8) is 0 Å². The fourth-order valence-electron chi connectivity index (χ4n) is 1.58. The van der Waals surface area contributed by atoms with E-state index in [0.29, 0.717) is 5.69 Å². The summed E-state index contributed by atoms with van der Waals surface area (Å²) in [5.74, 6) is 1.73. The van der Waals surface area contributed by atoms with Crippen LogP contribution < -0.4 is 10.6 Å². The van der Waals surface area contributed by atoms with E-state index < -0.39 is 0 Å². The van der Waals surface area contributed by atoms with Gasteiger partial charge >= 0.3 is 0 Å². The minimum Gasteiger partial charge on any atom is -0.394 e. The quantitative estimate of drug-likeness (QED) is 0.781. The lowest BCUT2D eigenvalue weighted by atomic mass is 10.3. The van der Waals surface area contributed by atoms with Gasteiger partial charge < -0.3 is 10.6 Å². The summed E-state index contributed by atoms with van der Waals surface area (Å²) in [6.45, 7) is 4.17. The maximum atomic E-state index is 5.83. The Balaban J connectivity index is 2.12. The normalized spacial score (nSPS) is 15.5. The minimum atomic E-state index is 0.676. The average Bonchev–Trinajstić information content (AvgIpc) is 2.99. The standard InChI is InChI=1S/C10H16N4/c1-2-14(6-8-3-4-8)10-9(11)5-12-7-13-10/h5,7-8H,2-4,6,11H2,1H3. The summed E-state index contributed by atoms with van der Waals surface area (Å²) in [6.07, 6.45) is 5.92. The maximum Gasteiger partial charge on any atom is 0.155 e. The predicted molar refractivity (Wildman–Crippen MR) is 57.1 cm³/mol. The molecule has 76 valence electrons. The van der Waals surface area contributed by atoms with Gasteiger partial charge in [-0.1, -0.05) is 0 Å². The van der Waals surface area contributed by atoms with Gasteiger partial charge in [-0.3, -0.25) is 0 Å². The van der Waals surface area contributed by atoms with E-state index in [2.05, 4.69) is 21.8 Å². The average molecular weight is 192 g/mol. The molecule has 0 saturated heterocycles. The van der Waals surface area contributed by atoms with Crippen molar-refractivity contribution < 1.29 is 0 Å². The molecule has 0 spiro atoms. The molecule has 1 saturated carbocycles. The molecule has 0 unspecified atom stereocenters. The van der Waals surface area contributed by atoms with Gasteiger partial charge in [-0.05, 0) is 25.7 Å². The van der Waals surface area contributed by atoms with Gasteiger partial charge in [0.05, 0.1) is 11.9 Å². The van der Waals surface area contributed by atoms with Crippen molar-refractivity contribution >= 4 is 11.5 Å². The Hall–Kier alpha value is -1.32. The zero-order valence-corrected chi connectivity index (χ0v) is 8.48. The first kappa shape index (κ1) is 9.24. The maximum absolute atomic E-state index is 5.83. The van der Waals surface area contributed by atoms with Crippen LogP contribution in [0.5, 0.6) is 0 Å². The Morgan fingerprint density at radius 3 is 2.93 bits per heavy atom. The SMILES string of the molecule is CCN(CC1CC1)c1ncncc1N. The molecule has 0 aromatic carbocycles. The third kappa shape index (κ3) is 1.95. The molecule has 2 rings (SSSR count). The Morgan fingerprint density at radius 2 is 2.36 bits per heavy atom. The smallest absolute Gasteiger partial charge is 0.155 e. The van der Waals surface area contributed by atoms with Crippen LogP contribution in [0.2, 0.25) is 0 Å². The van der Waals surface area contributed by atoms with Gasteiger partial charge in [0.1, 0.15) is 6.33 Å². The predicted octanol–water partition coefficient (Wildman–Crippen LogP) is 1.30. The second kappa shape index (κ2) is 3.82. The molecule has 2 N–H and O–H groups in total. The zero-order chi connectivity index (χ0) is 9.97. The molecule has 4 nitrogen and oxygen atoms in total. The van der Waals surface area contributed by atoms with Crippen molar-refractivity contribution in [3.05, 3.63) is 12.5 Å². The fraction of sp³-hybridized carbons (Fsp3) is 0.600. The van der Waals surface area contributed by atoms with E-state index in [9.17, 15) is 0 Å². The Bertz CT molecular complexity index is 309. The molecule has 1 aromatic rings. The summed E-state index contributed by atoms with van der Waals surface area (Å²) in [5, 5.41) is 0. The monoisotopic (exact) mass is 192 g/mol. The highest BCUT2D eigenvalue weighted by molar-refractivity contribution is 5.60. The van der Waals surface area contributed by atoms with Crippen molar-refractivity contribution in [1.82, 2.24) is 9.97 Å². The van der Waals surface area contributed by atoms with Crippen molar-refractivity contribution in [1.29, 1.82) is 0 Å². The van der Waals surface area contributed by atoms with Crippen LogP contribution in [0, 0.1) is 5.92 Å². The molecule has 0 amide bonds. The lowest BCUT2D eigenvalue weighted by Crippen LogP contribution is -2.27. The van der Waals surface area contributed by atoms with Gasteiger partial charge in [0.2, 0.25) is 0 Å². The highest BCUT2D eigenvalue weighted by Crippen LogP contribution is 2.31. The summed E-state index contributed by atoms with van der Waals surface area (Å²) in [6, 6.07) is 0. The molecular formula is C10H16N4. The first-order chi connectivity index (χ1) is 6.81. The number of nitrogens with zero attached hydrogens (tertiary/aromatic N) is 3. The molecule has 0 bridgehead atoms. The lowest BCUT2D eigenvalue weighted by molar-refractivity contribution is 0.731. The van der Waals surface area contributed by atoms with E-state index in [0.717, 1.165) is 24.8 Å². The zero-order valence-electron chi connectivity index (χ0n) is 8.48. The van der Waals surface area contributed by atoms with Crippen LogP contribution >= 0.6 is 0 Å². The van der Waals surface area contributed by atoms with E-state index >= 15 is 0 Å². The molecule has 1 fully saturated rings. The van der Waals surface area contributed by atoms with E-state index in [1.807, 2.05) is 0 Å². The van der Waals surface area contributed by atoms with E-state index in [-0.39, 0.29) is 0 Å². The summed E-state index contributed by atoms with van der Waals surface area (Å²) in [4.78, 5) is 10.3. The molecule has 1 aliphatic carbocycles. The topological polar surface area (TPSA) is 55.0 Å². The Kier molecular flexibility index (Phi) is 2.52. The molecule has 1 heterocycles. The minimum absolute atomic E-state index is 0.676. The van der Waals surface area contributed by atoms with Gasteiger partial charge in [0.25, 0.3) is 0 Å². The highest BCUT2D eigenvalue weighted by atomic mass is 15.2.